The zero-order valence-electron chi connectivity index (χ0n) is 22.0. The Morgan fingerprint density at radius 1 is 1.15 bits per heavy atom. The Hall–Kier alpha value is -3.22. The predicted octanol–water partition coefficient (Wildman–Crippen LogP) is 3.96. The minimum Gasteiger partial charge on any atom is -0.497 e. The van der Waals surface area contributed by atoms with Gasteiger partial charge in [-0.25, -0.2) is 4.79 Å². The first kappa shape index (κ1) is 29.8. The molecule has 2 aromatic carbocycles. The van der Waals surface area contributed by atoms with E-state index in [0.717, 1.165) is 60.2 Å². The van der Waals surface area contributed by atoms with Gasteiger partial charge in [-0.05, 0) is 35.9 Å². The molecule has 40 heavy (non-hydrogen) atoms. The summed E-state index contributed by atoms with van der Waals surface area (Å²) in [6.45, 7) is 4.43. The lowest BCUT2D eigenvalue weighted by atomic mass is 9.86. The third-order valence-electron chi connectivity index (χ3n) is 7.40. The molecule has 3 N–H and O–H groups in total. The van der Waals surface area contributed by atoms with E-state index in [1.807, 2.05) is 36.4 Å². The summed E-state index contributed by atoms with van der Waals surface area (Å²) in [7, 11) is 1.62. The summed E-state index contributed by atoms with van der Waals surface area (Å²) in [5.74, 6) is -1.22. The molecule has 3 heterocycles. The molecule has 0 bridgehead atoms. The highest BCUT2D eigenvalue weighted by Gasteiger charge is 2.45. The molecular weight excluding hydrogens is 555 g/mol. The molecule has 0 aromatic heterocycles. The molecular formula is C27H31ClF3N3O6. The molecule has 3 aliphatic heterocycles. The molecule has 2 fully saturated rings. The Kier molecular flexibility index (Phi) is 8.72. The van der Waals surface area contributed by atoms with E-state index in [2.05, 4.69) is 15.1 Å². The average molecular weight is 586 g/mol. The quantitative estimate of drug-likeness (QED) is 0.495. The van der Waals surface area contributed by atoms with E-state index >= 15 is 0 Å². The van der Waals surface area contributed by atoms with Gasteiger partial charge in [-0.15, -0.1) is 0 Å². The maximum absolute atomic E-state index is 11.7. The van der Waals surface area contributed by atoms with Crippen LogP contribution < -0.4 is 19.7 Å². The summed E-state index contributed by atoms with van der Waals surface area (Å²) in [5.41, 5.74) is 2.61. The third kappa shape index (κ3) is 6.73. The predicted molar refractivity (Wildman–Crippen MR) is 142 cm³/mol. The van der Waals surface area contributed by atoms with Crippen LogP contribution >= 0.6 is 11.6 Å². The van der Waals surface area contributed by atoms with Crippen molar-refractivity contribution in [3.63, 3.8) is 0 Å². The summed E-state index contributed by atoms with van der Waals surface area (Å²) in [6.07, 6.45) is -2.84. The van der Waals surface area contributed by atoms with Crippen LogP contribution in [0, 0.1) is 0 Å². The fourth-order valence-electron chi connectivity index (χ4n) is 5.46. The van der Waals surface area contributed by atoms with Crippen molar-refractivity contribution in [2.24, 2.45) is 0 Å². The van der Waals surface area contributed by atoms with Gasteiger partial charge in [0.15, 0.2) is 0 Å². The van der Waals surface area contributed by atoms with Gasteiger partial charge in [0.05, 0.1) is 30.6 Å². The number of likely N-dealkylation sites (tertiary alicyclic amines) is 1. The number of benzene rings is 2. The number of hydrogen-bond donors (Lipinski definition) is 3. The monoisotopic (exact) mass is 585 g/mol. The van der Waals surface area contributed by atoms with Gasteiger partial charge in [0.1, 0.15) is 17.1 Å². The molecule has 218 valence electrons. The second-order valence-corrected chi connectivity index (χ2v) is 10.6. The number of carbonyl (C=O) groups is 2. The van der Waals surface area contributed by atoms with Crippen molar-refractivity contribution >= 4 is 34.9 Å². The first-order valence-corrected chi connectivity index (χ1v) is 13.1. The number of aliphatic hydroxyl groups is 1. The van der Waals surface area contributed by atoms with Crippen LogP contribution in [0.2, 0.25) is 5.02 Å². The molecule has 0 aliphatic carbocycles. The number of methoxy groups -OCH3 is 1. The normalized spacial score (nSPS) is 21.7. The number of nitrogens with zero attached hydrogens (tertiary/aromatic N) is 2. The van der Waals surface area contributed by atoms with Crippen LogP contribution in [-0.2, 0) is 16.0 Å². The summed E-state index contributed by atoms with van der Waals surface area (Å²) < 4.78 is 43.5. The highest BCUT2D eigenvalue weighted by Crippen LogP contribution is 2.43. The van der Waals surface area contributed by atoms with E-state index in [-0.39, 0.29) is 17.6 Å². The van der Waals surface area contributed by atoms with Gasteiger partial charge in [0.25, 0.3) is 0 Å². The molecule has 1 spiro atoms. The Labute approximate surface area is 234 Å². The van der Waals surface area contributed by atoms with Crippen molar-refractivity contribution in [3.05, 3.63) is 47.0 Å². The number of nitrogens with one attached hydrogen (secondary N) is 1. The molecule has 1 unspecified atom stereocenters. The van der Waals surface area contributed by atoms with Crippen LogP contribution in [-0.4, -0.2) is 84.2 Å². The average Bonchev–Trinajstić information content (AvgIpc) is 3.44. The number of aliphatic carboxylic acids is 1. The van der Waals surface area contributed by atoms with Crippen molar-refractivity contribution in [2.45, 2.75) is 50.1 Å². The summed E-state index contributed by atoms with van der Waals surface area (Å²) in [4.78, 5) is 25.1. The Morgan fingerprint density at radius 2 is 1.82 bits per heavy atom. The molecule has 2 aromatic rings. The number of β-amino-alcohol motifs (C(OH)–C–C–N with tert-alkyl or cyclic N) is 1. The fraction of sp³-hybridized carbons (Fsp3) is 0.481. The van der Waals surface area contributed by atoms with Crippen molar-refractivity contribution in [1.29, 1.82) is 0 Å². The van der Waals surface area contributed by atoms with E-state index < -0.39 is 18.2 Å². The van der Waals surface area contributed by atoms with Gasteiger partial charge < -0.3 is 29.9 Å². The summed E-state index contributed by atoms with van der Waals surface area (Å²) >= 11 is 6.17. The molecule has 3 aliphatic rings. The number of carboxylic acid groups (broad SMARTS) is 1. The number of fused-ring (bicyclic) bond motifs is 1. The molecule has 2 atom stereocenters. The maximum Gasteiger partial charge on any atom is 0.490 e. The topological polar surface area (TPSA) is 112 Å². The van der Waals surface area contributed by atoms with Crippen LogP contribution in [0.4, 0.5) is 24.5 Å². The second-order valence-electron chi connectivity index (χ2n) is 10.2. The van der Waals surface area contributed by atoms with Crippen molar-refractivity contribution < 1.29 is 42.4 Å². The number of alkyl halides is 3. The molecule has 0 radical (unpaired) electrons. The summed E-state index contributed by atoms with van der Waals surface area (Å²) in [5, 5.41) is 21.7. The number of halogens is 4. The molecule has 1 amide bonds. The van der Waals surface area contributed by atoms with Gasteiger partial charge >= 0.3 is 12.1 Å². The molecule has 2 saturated heterocycles. The lowest BCUT2D eigenvalue weighted by molar-refractivity contribution is -0.192. The van der Waals surface area contributed by atoms with Crippen molar-refractivity contribution in [1.82, 2.24) is 4.90 Å². The van der Waals surface area contributed by atoms with Gasteiger partial charge in [-0.3, -0.25) is 9.69 Å². The Balaban J connectivity index is 0.000000470. The summed E-state index contributed by atoms with van der Waals surface area (Å²) in [6, 6.07) is 11.5. The highest BCUT2D eigenvalue weighted by atomic mass is 35.5. The molecule has 5 rings (SSSR count). The Bertz CT molecular complexity index is 1250. The number of anilines is 2. The van der Waals surface area contributed by atoms with Crippen LogP contribution in [0.25, 0.3) is 0 Å². The van der Waals surface area contributed by atoms with Gasteiger partial charge in [0, 0.05) is 63.5 Å². The number of rotatable bonds is 4. The third-order valence-corrected chi connectivity index (χ3v) is 7.63. The maximum atomic E-state index is 11.7. The van der Waals surface area contributed by atoms with Gasteiger partial charge in [-0.1, -0.05) is 11.6 Å². The number of aliphatic hydroxyl groups excluding tert-OH is 1. The lowest BCUT2D eigenvalue weighted by Gasteiger charge is -2.41. The van der Waals surface area contributed by atoms with Gasteiger partial charge in [0.2, 0.25) is 5.91 Å². The zero-order valence-corrected chi connectivity index (χ0v) is 22.8. The van der Waals surface area contributed by atoms with E-state index in [4.69, 9.17) is 31.0 Å². The first-order chi connectivity index (χ1) is 18.8. The minimum atomic E-state index is -5.08. The Morgan fingerprint density at radius 3 is 2.42 bits per heavy atom. The number of amides is 1. The number of ether oxygens (including phenoxy) is 2. The molecule has 9 nitrogen and oxygen atoms in total. The minimum absolute atomic E-state index is 0.0250. The van der Waals surface area contributed by atoms with Crippen LogP contribution in [0.3, 0.4) is 0 Å². The van der Waals surface area contributed by atoms with Crippen LogP contribution in [0.5, 0.6) is 11.5 Å². The van der Waals surface area contributed by atoms with Crippen LogP contribution in [0.15, 0.2) is 36.4 Å². The largest absolute Gasteiger partial charge is 0.497 e. The molecule has 13 heteroatoms. The number of piperidine rings is 1. The fourth-order valence-corrected chi connectivity index (χ4v) is 5.66. The van der Waals surface area contributed by atoms with E-state index in [9.17, 15) is 23.1 Å². The highest BCUT2D eigenvalue weighted by molar-refractivity contribution is 6.30. The number of carboxylic acids is 1. The number of carbonyl (C=O) groups excluding carboxylic acids is 1. The van der Waals surface area contributed by atoms with Crippen molar-refractivity contribution in [2.75, 3.05) is 43.5 Å². The van der Waals surface area contributed by atoms with E-state index in [1.54, 1.807) is 7.11 Å². The zero-order chi connectivity index (χ0) is 29.2. The lowest BCUT2D eigenvalue weighted by Crippen LogP contribution is -2.53. The smallest absolute Gasteiger partial charge is 0.490 e. The second kappa shape index (κ2) is 11.7. The molecule has 0 saturated carbocycles. The first-order valence-electron chi connectivity index (χ1n) is 12.7. The van der Waals surface area contributed by atoms with Crippen LogP contribution in [0.1, 0.15) is 25.3 Å². The van der Waals surface area contributed by atoms with Gasteiger partial charge in [-0.2, -0.15) is 13.2 Å². The van der Waals surface area contributed by atoms with E-state index in [1.165, 1.54) is 12.5 Å². The number of hydrogen-bond acceptors (Lipinski definition) is 7. The van der Waals surface area contributed by atoms with E-state index in [0.29, 0.717) is 13.1 Å². The standard InChI is InChI=1S/C25H30ClN3O4.C2HF3O2/c1-16(30)27-20-5-4-19(32-2)12-21(20)29-14-22(23(31)15-29)28-9-7-25(8-10-28)13-17-11-18(26)3-6-24(17)33-25;3-2(4,5)1(6)7/h3-6,11-12,22-23,31H,7-10,13-15H2,1-2H3,(H,27,30);(H,6,7)/t22?,23-;/m1./s1. The van der Waals surface area contributed by atoms with Crippen molar-refractivity contribution in [3.8, 4) is 11.5 Å². The SMILES string of the molecule is COc1ccc(NC(C)=O)c(N2CC(N3CCC4(CC3)Cc3cc(Cl)ccc3O4)[C@H](O)C2)c1.O=C(O)C(F)(F)F.